The molecule has 1 aromatic heterocycles. The Balaban J connectivity index is 1.41. The van der Waals surface area contributed by atoms with Gasteiger partial charge in [0, 0.05) is 25.0 Å². The van der Waals surface area contributed by atoms with Gasteiger partial charge in [-0.05, 0) is 38.4 Å². The zero-order chi connectivity index (χ0) is 17.8. The number of anilines is 1. The van der Waals surface area contributed by atoms with Gasteiger partial charge in [-0.1, -0.05) is 24.6 Å². The van der Waals surface area contributed by atoms with E-state index in [1.54, 1.807) is 0 Å². The van der Waals surface area contributed by atoms with Crippen LogP contribution in [0.5, 0.6) is 0 Å². The minimum Gasteiger partial charge on any atom is -0.375 e. The van der Waals surface area contributed by atoms with Crippen LogP contribution < -0.4 is 4.90 Å². The summed E-state index contributed by atoms with van der Waals surface area (Å²) in [6.07, 6.45) is 5.20. The van der Waals surface area contributed by atoms with Crippen molar-refractivity contribution in [3.63, 3.8) is 0 Å². The van der Waals surface area contributed by atoms with E-state index >= 15 is 0 Å². The molecular formula is C20H25N5O. The lowest BCUT2D eigenvalue weighted by Crippen LogP contribution is -2.34. The summed E-state index contributed by atoms with van der Waals surface area (Å²) in [4.78, 5) is 4.74. The van der Waals surface area contributed by atoms with Crippen molar-refractivity contribution < 1.29 is 4.74 Å². The van der Waals surface area contributed by atoms with Crippen molar-refractivity contribution in [3.05, 3.63) is 30.0 Å². The Morgan fingerprint density at radius 3 is 2.81 bits per heavy atom. The average Bonchev–Trinajstić information content (AvgIpc) is 3.16. The van der Waals surface area contributed by atoms with Crippen LogP contribution in [0.15, 0.2) is 24.3 Å². The maximum atomic E-state index is 9.47. The molecule has 0 unspecified atom stereocenters. The SMILES string of the molecule is N#Cc1nnc2ccccc2c1N1CC[C@H](OCCN2CCCCC2)C1. The van der Waals surface area contributed by atoms with Crippen LogP contribution in [0.2, 0.25) is 0 Å². The molecule has 136 valence electrons. The fraction of sp³-hybridized carbons (Fsp3) is 0.550. The Morgan fingerprint density at radius 1 is 1.12 bits per heavy atom. The van der Waals surface area contributed by atoms with Crippen molar-refractivity contribution in [2.45, 2.75) is 31.8 Å². The van der Waals surface area contributed by atoms with Crippen molar-refractivity contribution in [1.29, 1.82) is 5.26 Å². The highest BCUT2D eigenvalue weighted by atomic mass is 16.5. The molecule has 4 rings (SSSR count). The third kappa shape index (κ3) is 3.64. The summed E-state index contributed by atoms with van der Waals surface area (Å²) in [6.45, 7) is 5.93. The summed E-state index contributed by atoms with van der Waals surface area (Å²) in [6, 6.07) is 10.1. The summed E-state index contributed by atoms with van der Waals surface area (Å²) >= 11 is 0. The van der Waals surface area contributed by atoms with Gasteiger partial charge in [-0.15, -0.1) is 10.2 Å². The fourth-order valence-electron chi connectivity index (χ4n) is 4.03. The first-order chi connectivity index (χ1) is 12.8. The molecule has 1 aromatic carbocycles. The van der Waals surface area contributed by atoms with E-state index < -0.39 is 0 Å². The van der Waals surface area contributed by atoms with Gasteiger partial charge in [-0.25, -0.2) is 0 Å². The van der Waals surface area contributed by atoms with Crippen LogP contribution in [-0.2, 0) is 4.74 Å². The number of ether oxygens (including phenoxy) is 1. The number of likely N-dealkylation sites (tertiary alicyclic amines) is 1. The molecule has 6 heteroatoms. The average molecular weight is 351 g/mol. The second-order valence-electron chi connectivity index (χ2n) is 7.16. The predicted molar refractivity (Wildman–Crippen MR) is 101 cm³/mol. The van der Waals surface area contributed by atoms with Crippen molar-refractivity contribution >= 4 is 16.6 Å². The molecule has 2 aliphatic rings. The molecule has 2 saturated heterocycles. The molecule has 1 atom stereocenters. The minimum absolute atomic E-state index is 0.221. The Labute approximate surface area is 154 Å². The number of rotatable bonds is 5. The van der Waals surface area contributed by atoms with E-state index in [0.29, 0.717) is 5.69 Å². The van der Waals surface area contributed by atoms with Crippen LogP contribution in [0.25, 0.3) is 10.9 Å². The summed E-state index contributed by atoms with van der Waals surface area (Å²) in [7, 11) is 0. The Hall–Kier alpha value is -2.23. The molecule has 2 aromatic rings. The molecule has 26 heavy (non-hydrogen) atoms. The highest BCUT2D eigenvalue weighted by molar-refractivity contribution is 5.93. The van der Waals surface area contributed by atoms with E-state index in [4.69, 9.17) is 4.74 Å². The molecule has 0 bridgehead atoms. The van der Waals surface area contributed by atoms with E-state index in [9.17, 15) is 5.26 Å². The number of nitriles is 1. The van der Waals surface area contributed by atoms with Crippen molar-refractivity contribution in [1.82, 2.24) is 15.1 Å². The van der Waals surface area contributed by atoms with Gasteiger partial charge in [0.15, 0.2) is 5.69 Å². The van der Waals surface area contributed by atoms with Crippen LogP contribution in [-0.4, -0.2) is 60.5 Å². The summed E-state index contributed by atoms with van der Waals surface area (Å²) < 4.78 is 6.14. The molecule has 6 nitrogen and oxygen atoms in total. The molecule has 0 amide bonds. The second kappa shape index (κ2) is 7.98. The lowest BCUT2D eigenvalue weighted by molar-refractivity contribution is 0.0467. The monoisotopic (exact) mass is 351 g/mol. The standard InChI is InChI=1S/C20H25N5O/c21-14-19-20(17-6-2-3-7-18(17)22-23-19)25-11-8-16(15-25)26-13-12-24-9-4-1-5-10-24/h2-3,6-7,16H,1,4-5,8-13,15H2/t16-/m0/s1. The van der Waals surface area contributed by atoms with E-state index in [1.165, 1.54) is 32.4 Å². The molecule has 2 aliphatic heterocycles. The van der Waals surface area contributed by atoms with E-state index in [-0.39, 0.29) is 6.10 Å². The Kier molecular flexibility index (Phi) is 5.28. The van der Waals surface area contributed by atoms with Gasteiger partial charge in [0.1, 0.15) is 6.07 Å². The van der Waals surface area contributed by atoms with Crippen molar-refractivity contribution in [3.8, 4) is 6.07 Å². The van der Waals surface area contributed by atoms with Crippen molar-refractivity contribution in [2.75, 3.05) is 44.2 Å². The van der Waals surface area contributed by atoms with Gasteiger partial charge < -0.3 is 14.5 Å². The Bertz CT molecular complexity index is 796. The van der Waals surface area contributed by atoms with Gasteiger partial charge >= 0.3 is 0 Å². The lowest BCUT2D eigenvalue weighted by atomic mass is 10.1. The first-order valence-corrected chi connectivity index (χ1v) is 9.59. The Morgan fingerprint density at radius 2 is 1.96 bits per heavy atom. The van der Waals surface area contributed by atoms with Gasteiger partial charge in [-0.2, -0.15) is 5.26 Å². The number of hydrogen-bond donors (Lipinski definition) is 0. The quantitative estimate of drug-likeness (QED) is 0.825. The number of hydrogen-bond acceptors (Lipinski definition) is 6. The lowest BCUT2D eigenvalue weighted by Gasteiger charge is -2.26. The van der Waals surface area contributed by atoms with E-state index in [0.717, 1.165) is 49.3 Å². The van der Waals surface area contributed by atoms with Gasteiger partial charge in [0.2, 0.25) is 0 Å². The number of fused-ring (bicyclic) bond motifs is 1. The summed E-state index contributed by atoms with van der Waals surface area (Å²) in [5.74, 6) is 0. The maximum Gasteiger partial charge on any atom is 0.187 e. The van der Waals surface area contributed by atoms with Gasteiger partial charge in [0.05, 0.1) is 23.9 Å². The van der Waals surface area contributed by atoms with E-state index in [1.807, 2.05) is 24.3 Å². The second-order valence-corrected chi connectivity index (χ2v) is 7.16. The third-order valence-corrected chi connectivity index (χ3v) is 5.42. The maximum absolute atomic E-state index is 9.47. The molecule has 3 heterocycles. The zero-order valence-corrected chi connectivity index (χ0v) is 15.1. The molecule has 0 radical (unpaired) electrons. The predicted octanol–water partition coefficient (Wildman–Crippen LogP) is 2.58. The van der Waals surface area contributed by atoms with E-state index in [2.05, 4.69) is 26.1 Å². The largest absolute Gasteiger partial charge is 0.375 e. The number of benzene rings is 1. The highest BCUT2D eigenvalue weighted by Crippen LogP contribution is 2.31. The van der Waals surface area contributed by atoms with Gasteiger partial charge in [0.25, 0.3) is 0 Å². The molecule has 0 aliphatic carbocycles. The molecule has 2 fully saturated rings. The summed E-state index contributed by atoms with van der Waals surface area (Å²) in [5.41, 5.74) is 2.13. The first kappa shape index (κ1) is 17.2. The van der Waals surface area contributed by atoms with Crippen LogP contribution in [0.3, 0.4) is 0 Å². The zero-order valence-electron chi connectivity index (χ0n) is 15.1. The fourth-order valence-corrected chi connectivity index (χ4v) is 4.03. The molecule has 0 saturated carbocycles. The number of piperidine rings is 1. The first-order valence-electron chi connectivity index (χ1n) is 9.59. The molecular weight excluding hydrogens is 326 g/mol. The van der Waals surface area contributed by atoms with Gasteiger partial charge in [-0.3, -0.25) is 0 Å². The molecule has 0 spiro atoms. The number of aromatic nitrogens is 2. The molecule has 0 N–H and O–H groups in total. The van der Waals surface area contributed by atoms with Crippen LogP contribution in [0.4, 0.5) is 5.69 Å². The smallest absolute Gasteiger partial charge is 0.187 e. The van der Waals surface area contributed by atoms with Crippen LogP contribution in [0.1, 0.15) is 31.4 Å². The summed E-state index contributed by atoms with van der Waals surface area (Å²) in [5, 5.41) is 18.8. The topological polar surface area (TPSA) is 65.3 Å². The highest BCUT2D eigenvalue weighted by Gasteiger charge is 2.27. The number of nitrogens with zero attached hydrogens (tertiary/aromatic N) is 5. The van der Waals surface area contributed by atoms with Crippen LogP contribution >= 0.6 is 0 Å². The normalized spacial score (nSPS) is 21.2. The minimum atomic E-state index is 0.221. The third-order valence-electron chi connectivity index (χ3n) is 5.42. The van der Waals surface area contributed by atoms with Crippen molar-refractivity contribution in [2.24, 2.45) is 0 Å². The van der Waals surface area contributed by atoms with Crippen LogP contribution in [0, 0.1) is 11.3 Å².